The number of hydrogen-bond acceptors (Lipinski definition) is 4. The molecule has 1 saturated heterocycles. The van der Waals surface area contributed by atoms with Crippen LogP contribution >= 0.6 is 24.0 Å². The molecule has 2 heterocycles. The summed E-state index contributed by atoms with van der Waals surface area (Å²) in [6.07, 6.45) is 0. The van der Waals surface area contributed by atoms with Crippen molar-refractivity contribution in [3.05, 3.63) is 16.3 Å². The fraction of sp³-hybridized carbons (Fsp3) is 0.615. The fourth-order valence-corrected chi connectivity index (χ4v) is 3.64. The normalized spacial score (nSPS) is 21.9. The van der Waals surface area contributed by atoms with Gasteiger partial charge in [-0.05, 0) is 33.8 Å². The summed E-state index contributed by atoms with van der Waals surface area (Å²) in [6.45, 7) is 9.32. The van der Waals surface area contributed by atoms with Crippen LogP contribution in [0.25, 0.3) is 0 Å². The van der Waals surface area contributed by atoms with E-state index in [-0.39, 0.29) is 17.1 Å². The quantitative estimate of drug-likeness (QED) is 0.804. The summed E-state index contributed by atoms with van der Waals surface area (Å²) in [5.41, 5.74) is -0.614. The molecular weight excluding hydrogens is 266 g/mol. The third kappa shape index (κ3) is 3.08. The second kappa shape index (κ2) is 4.54. The van der Waals surface area contributed by atoms with Crippen LogP contribution in [0.15, 0.2) is 16.3 Å². The highest BCUT2D eigenvalue weighted by Crippen LogP contribution is 2.30. The molecule has 0 aliphatic carbocycles. The maximum absolute atomic E-state index is 12.4. The van der Waals surface area contributed by atoms with Crippen molar-refractivity contribution in [3.63, 3.8) is 0 Å². The molecule has 1 aromatic heterocycles. The van der Waals surface area contributed by atoms with Gasteiger partial charge in [0.1, 0.15) is 0 Å². The van der Waals surface area contributed by atoms with Crippen LogP contribution in [-0.2, 0) is 4.74 Å². The van der Waals surface area contributed by atoms with Crippen LogP contribution in [0.2, 0.25) is 0 Å². The van der Waals surface area contributed by atoms with Crippen molar-refractivity contribution in [2.24, 2.45) is 0 Å². The molecule has 1 aliphatic rings. The number of carbonyl (C=O) groups excluding carboxylic acids is 1. The average Bonchev–Trinajstić information content (AvgIpc) is 2.58. The Morgan fingerprint density at radius 3 is 2.33 bits per heavy atom. The van der Waals surface area contributed by atoms with Crippen molar-refractivity contribution in [3.8, 4) is 0 Å². The Morgan fingerprint density at radius 2 is 1.89 bits per heavy atom. The van der Waals surface area contributed by atoms with Gasteiger partial charge in [-0.15, -0.1) is 24.0 Å². The summed E-state index contributed by atoms with van der Waals surface area (Å²) in [7, 11) is 0. The van der Waals surface area contributed by atoms with E-state index in [9.17, 15) is 4.79 Å². The Bertz CT molecular complexity index is 449. The van der Waals surface area contributed by atoms with Crippen molar-refractivity contribution >= 4 is 29.9 Å². The topological polar surface area (TPSA) is 29.5 Å². The van der Waals surface area contributed by atoms with Crippen LogP contribution in [0, 0.1) is 0 Å². The summed E-state index contributed by atoms with van der Waals surface area (Å²) >= 11 is 5.69. The molecule has 1 aliphatic heterocycles. The molecule has 1 amide bonds. The lowest BCUT2D eigenvalue weighted by Gasteiger charge is -2.47. The number of thiol groups is 1. The van der Waals surface area contributed by atoms with Gasteiger partial charge in [0, 0.05) is 23.4 Å². The molecule has 1 aromatic rings. The van der Waals surface area contributed by atoms with Gasteiger partial charge < -0.3 is 9.64 Å². The molecule has 0 saturated carbocycles. The van der Waals surface area contributed by atoms with E-state index in [0.29, 0.717) is 13.1 Å². The van der Waals surface area contributed by atoms with Crippen LogP contribution in [0.5, 0.6) is 0 Å². The third-order valence-electron chi connectivity index (χ3n) is 2.78. The Kier molecular flexibility index (Phi) is 3.51. The first-order chi connectivity index (χ1) is 8.19. The zero-order chi connectivity index (χ0) is 13.6. The lowest BCUT2D eigenvalue weighted by atomic mass is 9.99. The molecule has 100 valence electrons. The molecule has 2 rings (SSSR count). The van der Waals surface area contributed by atoms with Crippen molar-refractivity contribution < 1.29 is 9.53 Å². The standard InChI is InChI=1S/C13H19NO2S2/c1-12(2)7-14(8-13(3,4)16-12)11(15)10-5-9(17)6-18-10/h5-6,17H,7-8H2,1-4H3. The molecule has 3 nitrogen and oxygen atoms in total. The van der Waals surface area contributed by atoms with Crippen LogP contribution in [0.4, 0.5) is 0 Å². The van der Waals surface area contributed by atoms with E-state index in [1.165, 1.54) is 11.3 Å². The largest absolute Gasteiger partial charge is 0.366 e. The number of ether oxygens (including phenoxy) is 1. The zero-order valence-corrected chi connectivity index (χ0v) is 12.9. The number of rotatable bonds is 1. The van der Waals surface area contributed by atoms with Gasteiger partial charge in [-0.1, -0.05) is 0 Å². The highest BCUT2D eigenvalue weighted by Gasteiger charge is 2.40. The van der Waals surface area contributed by atoms with Gasteiger partial charge >= 0.3 is 0 Å². The van der Waals surface area contributed by atoms with Crippen molar-refractivity contribution in [2.75, 3.05) is 13.1 Å². The van der Waals surface area contributed by atoms with E-state index in [1.54, 1.807) is 0 Å². The van der Waals surface area contributed by atoms with Gasteiger partial charge in [-0.2, -0.15) is 0 Å². The first kappa shape index (κ1) is 13.9. The molecule has 0 bridgehead atoms. The molecule has 18 heavy (non-hydrogen) atoms. The molecule has 1 fully saturated rings. The SMILES string of the molecule is CC1(C)CN(C(=O)c2cc(S)cs2)CC(C)(C)O1. The molecule has 0 spiro atoms. The maximum atomic E-state index is 12.4. The van der Waals surface area contributed by atoms with Crippen LogP contribution in [-0.4, -0.2) is 35.1 Å². The molecular formula is C13H19NO2S2. The van der Waals surface area contributed by atoms with Crippen molar-refractivity contribution in [1.29, 1.82) is 0 Å². The van der Waals surface area contributed by atoms with Gasteiger partial charge in [0.2, 0.25) is 0 Å². The summed E-state index contributed by atoms with van der Waals surface area (Å²) in [4.78, 5) is 15.9. The Morgan fingerprint density at radius 1 is 1.33 bits per heavy atom. The first-order valence-electron chi connectivity index (χ1n) is 5.96. The number of thiophene rings is 1. The lowest BCUT2D eigenvalue weighted by molar-refractivity contribution is -0.171. The second-order valence-electron chi connectivity index (χ2n) is 5.95. The molecule has 0 unspecified atom stereocenters. The Labute approximate surface area is 118 Å². The third-order valence-corrected chi connectivity index (χ3v) is 4.13. The summed E-state index contributed by atoms with van der Waals surface area (Å²) in [5.74, 6) is 0.0738. The molecule has 0 radical (unpaired) electrons. The summed E-state index contributed by atoms with van der Waals surface area (Å²) in [6, 6.07) is 1.82. The van der Waals surface area contributed by atoms with E-state index in [1.807, 2.05) is 44.0 Å². The van der Waals surface area contributed by atoms with Crippen molar-refractivity contribution in [1.82, 2.24) is 4.90 Å². The van der Waals surface area contributed by atoms with E-state index < -0.39 is 0 Å². The van der Waals surface area contributed by atoms with Crippen molar-refractivity contribution in [2.45, 2.75) is 43.8 Å². The minimum atomic E-state index is -0.307. The highest BCUT2D eigenvalue weighted by molar-refractivity contribution is 7.80. The number of nitrogens with zero attached hydrogens (tertiary/aromatic N) is 1. The molecule has 0 N–H and O–H groups in total. The lowest BCUT2D eigenvalue weighted by Crippen LogP contribution is -2.58. The predicted molar refractivity (Wildman–Crippen MR) is 76.7 cm³/mol. The number of morpholine rings is 1. The van der Waals surface area contributed by atoms with Crippen LogP contribution in [0.3, 0.4) is 0 Å². The zero-order valence-electron chi connectivity index (χ0n) is 11.2. The smallest absolute Gasteiger partial charge is 0.264 e. The van der Waals surface area contributed by atoms with E-state index in [4.69, 9.17) is 4.74 Å². The van der Waals surface area contributed by atoms with Gasteiger partial charge in [0.05, 0.1) is 16.1 Å². The van der Waals surface area contributed by atoms with Gasteiger partial charge in [0.15, 0.2) is 0 Å². The average molecular weight is 285 g/mol. The van der Waals surface area contributed by atoms with E-state index >= 15 is 0 Å². The number of amides is 1. The minimum absolute atomic E-state index is 0.0738. The van der Waals surface area contributed by atoms with Gasteiger partial charge in [0.25, 0.3) is 5.91 Å². The van der Waals surface area contributed by atoms with Gasteiger partial charge in [-0.25, -0.2) is 0 Å². The fourth-order valence-electron chi connectivity index (χ4n) is 2.53. The van der Waals surface area contributed by atoms with E-state index in [2.05, 4.69) is 12.6 Å². The molecule has 5 heteroatoms. The Balaban J connectivity index is 2.20. The monoisotopic (exact) mass is 285 g/mol. The minimum Gasteiger partial charge on any atom is -0.366 e. The van der Waals surface area contributed by atoms with Crippen LogP contribution < -0.4 is 0 Å². The predicted octanol–water partition coefficient (Wildman–Crippen LogP) is 3.07. The Hall–Kier alpha value is -0.520. The number of hydrogen-bond donors (Lipinski definition) is 1. The summed E-state index contributed by atoms with van der Waals surface area (Å²) < 4.78 is 5.98. The van der Waals surface area contributed by atoms with Gasteiger partial charge in [-0.3, -0.25) is 4.79 Å². The molecule has 0 aromatic carbocycles. The first-order valence-corrected chi connectivity index (χ1v) is 7.28. The molecule has 0 atom stereocenters. The second-order valence-corrected chi connectivity index (χ2v) is 7.38. The van der Waals surface area contributed by atoms with E-state index in [0.717, 1.165) is 9.77 Å². The number of carbonyl (C=O) groups is 1. The highest BCUT2D eigenvalue weighted by atomic mass is 32.1. The maximum Gasteiger partial charge on any atom is 0.264 e. The summed E-state index contributed by atoms with van der Waals surface area (Å²) in [5, 5.41) is 1.88. The van der Waals surface area contributed by atoms with Crippen LogP contribution in [0.1, 0.15) is 37.4 Å².